The molecule has 152 valence electrons. The molecule has 0 unspecified atom stereocenters. The van der Waals surface area contributed by atoms with E-state index in [1.54, 1.807) is 18.3 Å². The molecule has 0 bridgehead atoms. The zero-order valence-corrected chi connectivity index (χ0v) is 17.5. The van der Waals surface area contributed by atoms with Gasteiger partial charge in [-0.3, -0.25) is 0 Å². The van der Waals surface area contributed by atoms with Gasteiger partial charge in [0.15, 0.2) is 0 Å². The van der Waals surface area contributed by atoms with E-state index in [0.717, 1.165) is 36.4 Å². The number of fused-ring (bicyclic) bond motifs is 1. The molecule has 0 aliphatic carbocycles. The van der Waals surface area contributed by atoms with E-state index in [1.807, 2.05) is 26.1 Å². The van der Waals surface area contributed by atoms with E-state index in [-0.39, 0.29) is 4.90 Å². The molecule has 0 saturated heterocycles. The second-order valence-electron chi connectivity index (χ2n) is 6.97. The lowest BCUT2D eigenvalue weighted by atomic mass is 9.99. The number of anilines is 1. The van der Waals surface area contributed by atoms with Crippen molar-refractivity contribution in [2.24, 2.45) is 0 Å². The molecule has 0 spiro atoms. The zero-order chi connectivity index (χ0) is 20.4. The maximum Gasteiger partial charge on any atom is 0.244 e. The van der Waals surface area contributed by atoms with Crippen LogP contribution in [-0.4, -0.2) is 53.9 Å². The number of aromatic amines is 1. The van der Waals surface area contributed by atoms with Crippen LogP contribution in [0.4, 0.5) is 5.82 Å². The van der Waals surface area contributed by atoms with E-state index in [0.29, 0.717) is 13.1 Å². The molecule has 3 aromatic heterocycles. The lowest BCUT2D eigenvalue weighted by Crippen LogP contribution is -2.31. The summed E-state index contributed by atoms with van der Waals surface area (Å²) in [5, 5.41) is 1.14. The van der Waals surface area contributed by atoms with Crippen molar-refractivity contribution in [3.05, 3.63) is 54.5 Å². The van der Waals surface area contributed by atoms with Crippen LogP contribution in [0.5, 0.6) is 0 Å². The molecule has 0 saturated carbocycles. The predicted molar refractivity (Wildman–Crippen MR) is 115 cm³/mol. The fourth-order valence-corrected chi connectivity index (χ4v) is 5.17. The van der Waals surface area contributed by atoms with E-state index in [4.69, 9.17) is 0 Å². The molecule has 7 nitrogen and oxygen atoms in total. The highest BCUT2D eigenvalue weighted by molar-refractivity contribution is 7.89. The molecule has 3 aromatic rings. The minimum absolute atomic E-state index is 0.240. The second-order valence-corrected chi connectivity index (χ2v) is 8.91. The van der Waals surface area contributed by atoms with Crippen LogP contribution in [0.15, 0.2) is 53.8 Å². The van der Waals surface area contributed by atoms with Crippen LogP contribution in [0.3, 0.4) is 0 Å². The minimum Gasteiger partial charge on any atom is -0.353 e. The van der Waals surface area contributed by atoms with E-state index in [1.165, 1.54) is 21.6 Å². The Kier molecular flexibility index (Phi) is 5.38. The van der Waals surface area contributed by atoms with Crippen molar-refractivity contribution in [1.82, 2.24) is 19.3 Å². The number of nitrogens with one attached hydrogen (secondary N) is 1. The van der Waals surface area contributed by atoms with Gasteiger partial charge in [-0.05, 0) is 36.3 Å². The molecular formula is C21H25N5O2S. The van der Waals surface area contributed by atoms with Gasteiger partial charge in [-0.25, -0.2) is 18.4 Å². The Bertz CT molecular complexity index is 1130. The highest BCUT2D eigenvalue weighted by atomic mass is 32.2. The number of H-pyrrole nitrogens is 1. The SMILES string of the molecule is CCN(CC)S(=O)(=O)c1ccc(N2CC=C(c3c[nH]c4ncccc34)CC2)nc1. The smallest absolute Gasteiger partial charge is 0.244 e. The van der Waals surface area contributed by atoms with Gasteiger partial charge in [-0.15, -0.1) is 0 Å². The lowest BCUT2D eigenvalue weighted by molar-refractivity contribution is 0.445. The molecule has 4 heterocycles. The molecule has 1 N–H and O–H groups in total. The molecule has 0 fully saturated rings. The minimum atomic E-state index is -3.48. The van der Waals surface area contributed by atoms with Crippen molar-refractivity contribution in [3.8, 4) is 0 Å². The summed E-state index contributed by atoms with van der Waals surface area (Å²) in [7, 11) is -3.48. The Labute approximate surface area is 171 Å². The summed E-state index contributed by atoms with van der Waals surface area (Å²) in [4.78, 5) is 14.4. The van der Waals surface area contributed by atoms with Gasteiger partial charge >= 0.3 is 0 Å². The third kappa shape index (κ3) is 3.65. The Balaban J connectivity index is 1.51. The van der Waals surface area contributed by atoms with Gasteiger partial charge in [0.2, 0.25) is 10.0 Å². The van der Waals surface area contributed by atoms with Crippen LogP contribution < -0.4 is 4.90 Å². The van der Waals surface area contributed by atoms with Gasteiger partial charge < -0.3 is 9.88 Å². The molecule has 1 aliphatic rings. The van der Waals surface area contributed by atoms with Crippen molar-refractivity contribution < 1.29 is 8.42 Å². The van der Waals surface area contributed by atoms with Crippen LogP contribution in [0.1, 0.15) is 25.8 Å². The fraction of sp³-hybridized carbons (Fsp3) is 0.333. The first-order chi connectivity index (χ1) is 14.0. The van der Waals surface area contributed by atoms with Crippen molar-refractivity contribution in [2.45, 2.75) is 25.2 Å². The number of aromatic nitrogens is 3. The van der Waals surface area contributed by atoms with Crippen molar-refractivity contribution in [3.63, 3.8) is 0 Å². The van der Waals surface area contributed by atoms with Gasteiger partial charge in [0.05, 0.1) is 0 Å². The first kappa shape index (κ1) is 19.6. The van der Waals surface area contributed by atoms with Gasteiger partial charge in [0.1, 0.15) is 16.4 Å². The Hall–Kier alpha value is -2.71. The van der Waals surface area contributed by atoms with Gasteiger partial charge in [0.25, 0.3) is 0 Å². The Morgan fingerprint density at radius 1 is 1.17 bits per heavy atom. The van der Waals surface area contributed by atoms with Gasteiger partial charge in [-0.2, -0.15) is 4.31 Å². The van der Waals surface area contributed by atoms with Crippen molar-refractivity contribution >= 4 is 32.4 Å². The van der Waals surface area contributed by atoms with Crippen molar-refractivity contribution in [1.29, 1.82) is 0 Å². The summed E-state index contributed by atoms with van der Waals surface area (Å²) in [6.45, 7) is 6.13. The van der Waals surface area contributed by atoms with Crippen LogP contribution >= 0.6 is 0 Å². The maximum absolute atomic E-state index is 12.6. The maximum atomic E-state index is 12.6. The van der Waals surface area contributed by atoms with Crippen LogP contribution in [0.25, 0.3) is 16.6 Å². The number of nitrogens with zero attached hydrogens (tertiary/aromatic N) is 4. The van der Waals surface area contributed by atoms with E-state index in [9.17, 15) is 8.42 Å². The first-order valence-corrected chi connectivity index (χ1v) is 11.3. The van der Waals surface area contributed by atoms with Crippen LogP contribution in [0, 0.1) is 0 Å². The van der Waals surface area contributed by atoms with E-state index >= 15 is 0 Å². The standard InChI is InChI=1S/C21H25N5O2S/c1-3-26(4-2)29(27,28)17-7-8-20(23-14-17)25-12-9-16(10-13-25)19-15-24-21-18(19)6-5-11-22-21/h5-9,11,14-15H,3-4,10,12-13H2,1-2H3,(H,22,24). The number of hydrogen-bond acceptors (Lipinski definition) is 5. The summed E-state index contributed by atoms with van der Waals surface area (Å²) in [6, 6.07) is 7.48. The number of pyridine rings is 2. The summed E-state index contributed by atoms with van der Waals surface area (Å²) in [5.41, 5.74) is 3.39. The van der Waals surface area contributed by atoms with Crippen molar-refractivity contribution in [2.75, 3.05) is 31.1 Å². The quantitative estimate of drug-likeness (QED) is 0.673. The van der Waals surface area contributed by atoms with Crippen LogP contribution in [-0.2, 0) is 10.0 Å². The highest BCUT2D eigenvalue weighted by Gasteiger charge is 2.23. The molecule has 0 radical (unpaired) electrons. The molecule has 0 aromatic carbocycles. The number of hydrogen-bond donors (Lipinski definition) is 1. The summed E-state index contributed by atoms with van der Waals surface area (Å²) >= 11 is 0. The number of rotatable bonds is 6. The molecule has 0 atom stereocenters. The number of sulfonamides is 1. The highest BCUT2D eigenvalue weighted by Crippen LogP contribution is 2.29. The van der Waals surface area contributed by atoms with Gasteiger partial charge in [0, 0.05) is 55.7 Å². The Morgan fingerprint density at radius 2 is 2.00 bits per heavy atom. The lowest BCUT2D eigenvalue weighted by Gasteiger charge is -2.27. The molecule has 1 aliphatic heterocycles. The summed E-state index contributed by atoms with van der Waals surface area (Å²) < 4.78 is 26.7. The van der Waals surface area contributed by atoms with Gasteiger partial charge in [-0.1, -0.05) is 19.9 Å². The monoisotopic (exact) mass is 411 g/mol. The summed E-state index contributed by atoms with van der Waals surface area (Å²) in [6.07, 6.45) is 8.37. The second kappa shape index (κ2) is 7.96. The summed E-state index contributed by atoms with van der Waals surface area (Å²) in [5.74, 6) is 0.791. The third-order valence-corrected chi connectivity index (χ3v) is 7.43. The normalized spacial score (nSPS) is 15.1. The fourth-order valence-electron chi connectivity index (χ4n) is 3.77. The molecular weight excluding hydrogens is 386 g/mol. The molecule has 29 heavy (non-hydrogen) atoms. The van der Waals surface area contributed by atoms with E-state index in [2.05, 4.69) is 32.0 Å². The first-order valence-electron chi connectivity index (χ1n) is 9.87. The molecule has 0 amide bonds. The average Bonchev–Trinajstić information content (AvgIpc) is 3.19. The third-order valence-electron chi connectivity index (χ3n) is 5.39. The van der Waals surface area contributed by atoms with E-state index < -0.39 is 10.0 Å². The largest absolute Gasteiger partial charge is 0.353 e. The zero-order valence-electron chi connectivity index (χ0n) is 16.7. The Morgan fingerprint density at radius 3 is 2.66 bits per heavy atom. The predicted octanol–water partition coefficient (Wildman–Crippen LogP) is 3.28. The molecule has 8 heteroatoms. The van der Waals surface area contributed by atoms with Crippen LogP contribution in [0.2, 0.25) is 0 Å². The average molecular weight is 412 g/mol. The topological polar surface area (TPSA) is 82.2 Å². The molecule has 4 rings (SSSR count).